The molecule has 222 valence electrons. The Hall–Kier alpha value is -5.47. The first-order chi connectivity index (χ1) is 21.8. The monoisotopic (exact) mass is 616 g/mol. The van der Waals surface area contributed by atoms with E-state index in [9.17, 15) is 9.18 Å². The molecule has 0 aliphatic rings. The summed E-state index contributed by atoms with van der Waals surface area (Å²) in [5.41, 5.74) is 5.47. The second kappa shape index (κ2) is 11.6. The first-order valence-corrected chi connectivity index (χ1v) is 14.6. The van der Waals surface area contributed by atoms with E-state index in [4.69, 9.17) is 25.7 Å². The van der Waals surface area contributed by atoms with Gasteiger partial charge >= 0.3 is 0 Å². The van der Waals surface area contributed by atoms with Crippen molar-refractivity contribution in [3.05, 3.63) is 147 Å². The van der Waals surface area contributed by atoms with Crippen molar-refractivity contribution >= 4 is 39.7 Å². The van der Waals surface area contributed by atoms with Gasteiger partial charge in [0.2, 0.25) is 5.82 Å². The number of hydrogen-bond donors (Lipinski definition) is 0. The molecule has 7 rings (SSSR count). The number of aromatic nitrogens is 3. The fourth-order valence-electron chi connectivity index (χ4n) is 5.39. The van der Waals surface area contributed by atoms with E-state index in [-0.39, 0.29) is 17.2 Å². The summed E-state index contributed by atoms with van der Waals surface area (Å²) in [6.45, 7) is 4.35. The minimum absolute atomic E-state index is 0.275. The molecule has 0 aliphatic heterocycles. The summed E-state index contributed by atoms with van der Waals surface area (Å²) in [4.78, 5) is 18.5. The molecule has 7 nitrogen and oxygen atoms in total. The van der Waals surface area contributed by atoms with Gasteiger partial charge in [0.1, 0.15) is 23.8 Å². The Bertz CT molecular complexity index is 2280. The summed E-state index contributed by atoms with van der Waals surface area (Å²) in [6.07, 6.45) is 1.67. The van der Waals surface area contributed by atoms with Crippen molar-refractivity contribution < 1.29 is 13.5 Å². The van der Waals surface area contributed by atoms with Crippen molar-refractivity contribution in [3.8, 4) is 23.0 Å². The van der Waals surface area contributed by atoms with Crippen LogP contribution in [0.25, 0.3) is 39.1 Å². The maximum absolute atomic E-state index is 13.7. The molecular formula is C36H26ClFN4O3. The average Bonchev–Trinajstić information content (AvgIpc) is 3.59. The van der Waals surface area contributed by atoms with Crippen LogP contribution in [0.1, 0.15) is 22.5 Å². The molecule has 3 heterocycles. The van der Waals surface area contributed by atoms with Gasteiger partial charge in [-0.05, 0) is 98.3 Å². The molecule has 0 spiro atoms. The zero-order valence-corrected chi connectivity index (χ0v) is 25.1. The highest BCUT2D eigenvalue weighted by atomic mass is 35.5. The van der Waals surface area contributed by atoms with Crippen LogP contribution in [0.2, 0.25) is 5.02 Å². The van der Waals surface area contributed by atoms with Gasteiger partial charge in [0.05, 0.1) is 17.1 Å². The molecule has 0 bridgehead atoms. The number of para-hydroxylation sites is 1. The van der Waals surface area contributed by atoms with E-state index in [0.29, 0.717) is 39.6 Å². The molecule has 0 aliphatic carbocycles. The number of halogens is 2. The van der Waals surface area contributed by atoms with E-state index in [1.165, 1.54) is 16.8 Å². The lowest BCUT2D eigenvalue weighted by Gasteiger charge is -2.11. The molecule has 0 fully saturated rings. The molecule has 45 heavy (non-hydrogen) atoms. The number of benzene rings is 4. The lowest BCUT2D eigenvalue weighted by Crippen LogP contribution is -2.20. The Kier molecular flexibility index (Phi) is 7.27. The highest BCUT2D eigenvalue weighted by Crippen LogP contribution is 2.29. The Balaban J connectivity index is 1.21. The molecule has 0 saturated carbocycles. The maximum atomic E-state index is 13.7. The van der Waals surface area contributed by atoms with E-state index in [1.54, 1.807) is 54.7 Å². The molecule has 3 aromatic heterocycles. The van der Waals surface area contributed by atoms with Crippen molar-refractivity contribution in [2.24, 2.45) is 5.10 Å². The molecule has 0 saturated heterocycles. The fourth-order valence-corrected chi connectivity index (χ4v) is 5.57. The summed E-state index contributed by atoms with van der Waals surface area (Å²) < 4.78 is 28.5. The number of rotatable bonds is 7. The predicted octanol–water partition coefficient (Wildman–Crippen LogP) is 8.47. The summed E-state index contributed by atoms with van der Waals surface area (Å²) in [6, 6.07) is 30.3. The average molecular weight is 617 g/mol. The van der Waals surface area contributed by atoms with Crippen LogP contribution < -0.4 is 10.3 Å². The molecule has 0 radical (unpaired) electrons. The fraction of sp³-hybridized carbons (Fsp3) is 0.0833. The van der Waals surface area contributed by atoms with Crippen LogP contribution >= 0.6 is 11.6 Å². The van der Waals surface area contributed by atoms with Gasteiger partial charge < -0.3 is 13.7 Å². The van der Waals surface area contributed by atoms with Gasteiger partial charge in [-0.1, -0.05) is 35.9 Å². The number of fused-ring (bicyclic) bond motifs is 2. The van der Waals surface area contributed by atoms with Crippen LogP contribution in [0.4, 0.5) is 4.39 Å². The number of furan rings is 1. The first-order valence-electron chi connectivity index (χ1n) is 14.3. The smallest absolute Gasteiger partial charge is 0.282 e. The highest BCUT2D eigenvalue weighted by molar-refractivity contribution is 6.31. The van der Waals surface area contributed by atoms with Gasteiger partial charge in [0, 0.05) is 33.0 Å². The van der Waals surface area contributed by atoms with E-state index in [0.717, 1.165) is 33.6 Å². The molecule has 9 heteroatoms. The van der Waals surface area contributed by atoms with E-state index >= 15 is 0 Å². The lowest BCUT2D eigenvalue weighted by molar-refractivity contribution is 0.306. The Morgan fingerprint density at radius 1 is 0.956 bits per heavy atom. The number of ether oxygens (including phenoxy) is 1. The molecule has 4 aromatic carbocycles. The summed E-state index contributed by atoms with van der Waals surface area (Å²) >= 11 is 6.19. The van der Waals surface area contributed by atoms with Crippen LogP contribution in [0.5, 0.6) is 5.75 Å². The van der Waals surface area contributed by atoms with Crippen LogP contribution in [-0.2, 0) is 6.61 Å². The van der Waals surface area contributed by atoms with E-state index in [1.807, 2.05) is 56.3 Å². The molecule has 0 unspecified atom stereocenters. The lowest BCUT2D eigenvalue weighted by atomic mass is 10.2. The number of aryl methyl sites for hydroxylation is 1. The third-order valence-electron chi connectivity index (χ3n) is 7.65. The number of nitrogens with zero attached hydrogens (tertiary/aromatic N) is 4. The third kappa shape index (κ3) is 5.52. The Labute approximate surface area is 262 Å². The Morgan fingerprint density at radius 3 is 2.53 bits per heavy atom. The molecule has 0 N–H and O–H groups in total. The van der Waals surface area contributed by atoms with E-state index in [2.05, 4.69) is 9.67 Å². The SMILES string of the molecule is Cc1cc(C=Nn2c(-c3cc4cc(Cl)ccc4o3)nc3ccccc3c2=O)c(C)n1-c1ccc(OCc2ccc(F)cc2)cc1. The minimum Gasteiger partial charge on any atom is -0.489 e. The van der Waals surface area contributed by atoms with Gasteiger partial charge in [-0.2, -0.15) is 9.78 Å². The standard InChI is InChI=1S/C36H26ClFN4O3/c1-22-17-26(23(2)41(22)29-12-14-30(15-13-29)44-21-24-7-10-28(38)11-8-24)20-39-42-35(40-32-6-4-3-5-31(32)36(42)43)34-19-25-18-27(37)9-16-33(25)45-34/h3-20H,21H2,1-2H3. The summed E-state index contributed by atoms with van der Waals surface area (Å²) in [7, 11) is 0. The quantitative estimate of drug-likeness (QED) is 0.168. The van der Waals surface area contributed by atoms with Crippen LogP contribution in [0, 0.1) is 19.7 Å². The van der Waals surface area contributed by atoms with Gasteiger partial charge in [-0.3, -0.25) is 4.79 Å². The third-order valence-corrected chi connectivity index (χ3v) is 7.88. The highest BCUT2D eigenvalue weighted by Gasteiger charge is 2.17. The summed E-state index contributed by atoms with van der Waals surface area (Å²) in [5, 5.41) is 6.47. The molecule has 7 aromatic rings. The normalized spacial score (nSPS) is 11.6. The van der Waals surface area contributed by atoms with Crippen molar-refractivity contribution in [2.45, 2.75) is 20.5 Å². The van der Waals surface area contributed by atoms with Gasteiger partial charge in [0.15, 0.2) is 5.76 Å². The second-order valence-corrected chi connectivity index (χ2v) is 11.1. The minimum atomic E-state index is -0.310. The molecule has 0 amide bonds. The zero-order chi connectivity index (χ0) is 31.1. The van der Waals surface area contributed by atoms with Crippen LogP contribution in [-0.4, -0.2) is 20.4 Å². The van der Waals surface area contributed by atoms with Crippen LogP contribution in [0.15, 0.2) is 117 Å². The maximum Gasteiger partial charge on any atom is 0.282 e. The van der Waals surface area contributed by atoms with Crippen molar-refractivity contribution in [1.29, 1.82) is 0 Å². The molecule has 0 atom stereocenters. The summed E-state index contributed by atoms with van der Waals surface area (Å²) in [5.74, 6) is 1.12. The second-order valence-electron chi connectivity index (χ2n) is 10.7. The molecular weight excluding hydrogens is 591 g/mol. The predicted molar refractivity (Wildman–Crippen MR) is 175 cm³/mol. The first kappa shape index (κ1) is 28.3. The van der Waals surface area contributed by atoms with E-state index < -0.39 is 0 Å². The Morgan fingerprint density at radius 2 is 1.73 bits per heavy atom. The van der Waals surface area contributed by atoms with Gasteiger partial charge in [0.25, 0.3) is 5.56 Å². The zero-order valence-electron chi connectivity index (χ0n) is 24.4. The van der Waals surface area contributed by atoms with Crippen molar-refractivity contribution in [2.75, 3.05) is 0 Å². The van der Waals surface area contributed by atoms with Gasteiger partial charge in [-0.25, -0.2) is 9.37 Å². The van der Waals surface area contributed by atoms with Crippen molar-refractivity contribution in [1.82, 2.24) is 14.2 Å². The van der Waals surface area contributed by atoms with Crippen molar-refractivity contribution in [3.63, 3.8) is 0 Å². The number of hydrogen-bond acceptors (Lipinski definition) is 5. The topological polar surface area (TPSA) is 74.5 Å². The van der Waals surface area contributed by atoms with Crippen LogP contribution in [0.3, 0.4) is 0 Å². The van der Waals surface area contributed by atoms with Gasteiger partial charge in [-0.15, -0.1) is 0 Å². The largest absolute Gasteiger partial charge is 0.489 e.